The maximum atomic E-state index is 10.4. The van der Waals surface area contributed by atoms with E-state index in [2.05, 4.69) is 19.2 Å². The molecule has 1 N–H and O–H groups in total. The molecule has 0 aromatic heterocycles. The first-order valence-corrected chi connectivity index (χ1v) is 9.69. The molecule has 7 nitrogen and oxygen atoms in total. The lowest BCUT2D eigenvalue weighted by Gasteiger charge is -2.09. The van der Waals surface area contributed by atoms with Crippen LogP contribution in [0.2, 0.25) is 0 Å². The van der Waals surface area contributed by atoms with Gasteiger partial charge in [-0.3, -0.25) is 10.1 Å². The minimum atomic E-state index is -0.549. The fourth-order valence-electron chi connectivity index (χ4n) is 1.73. The number of aryl methyl sites for hydroxylation is 1. The number of aldehydes is 1. The Morgan fingerprint density at radius 3 is 1.96 bits per heavy atom. The molecule has 0 aliphatic rings. The third-order valence-electron chi connectivity index (χ3n) is 3.28. The van der Waals surface area contributed by atoms with Gasteiger partial charge in [0.05, 0.1) is 11.5 Å². The summed E-state index contributed by atoms with van der Waals surface area (Å²) in [5.74, 6) is 0. The topological polar surface area (TPSA) is 90.7 Å². The van der Waals surface area contributed by atoms with Gasteiger partial charge in [-0.25, -0.2) is 0 Å². The number of hydrogen-bond acceptors (Lipinski definition) is 6. The number of carbonyl (C=O) groups is 1. The lowest BCUT2D eigenvalue weighted by molar-refractivity contribution is -0.401. The van der Waals surface area contributed by atoms with Crippen molar-refractivity contribution >= 4 is 12.0 Å². The van der Waals surface area contributed by atoms with Gasteiger partial charge in [0.2, 0.25) is 0 Å². The number of nitro groups is 1. The summed E-state index contributed by atoms with van der Waals surface area (Å²) in [4.78, 5) is 20.1. The van der Waals surface area contributed by atoms with Crippen LogP contribution in [-0.2, 0) is 14.3 Å². The van der Waals surface area contributed by atoms with Crippen molar-refractivity contribution in [3.8, 4) is 0 Å². The molecule has 1 rings (SSSR count). The first kappa shape index (κ1) is 28.0. The average molecular weight is 397 g/mol. The molecule has 0 spiro atoms. The van der Waals surface area contributed by atoms with Crippen molar-refractivity contribution in [3.63, 3.8) is 0 Å². The molecule has 28 heavy (non-hydrogen) atoms. The molecule has 0 aliphatic carbocycles. The number of unbranched alkanes of at least 4 members (excludes halogenated alkanes) is 1. The van der Waals surface area contributed by atoms with Crippen LogP contribution in [0, 0.1) is 17.0 Å². The van der Waals surface area contributed by atoms with E-state index in [1.54, 1.807) is 12.1 Å². The number of hydrogen-bond donors (Lipinski definition) is 1. The zero-order chi connectivity index (χ0) is 21.8. The van der Waals surface area contributed by atoms with E-state index in [-0.39, 0.29) is 12.8 Å². The quantitative estimate of drug-likeness (QED) is 0.270. The van der Waals surface area contributed by atoms with E-state index in [1.165, 1.54) is 12.8 Å². The van der Waals surface area contributed by atoms with Crippen molar-refractivity contribution < 1.29 is 19.2 Å². The highest BCUT2D eigenvalue weighted by molar-refractivity contribution is 5.66. The summed E-state index contributed by atoms with van der Waals surface area (Å²) in [7, 11) is 0. The highest BCUT2D eigenvalue weighted by Gasteiger charge is 2.05. The Morgan fingerprint density at radius 2 is 1.61 bits per heavy atom. The Morgan fingerprint density at radius 1 is 1.11 bits per heavy atom. The first-order chi connectivity index (χ1) is 13.4. The molecular weight excluding hydrogens is 360 g/mol. The van der Waals surface area contributed by atoms with Crippen molar-refractivity contribution in [3.05, 3.63) is 51.7 Å². The van der Waals surface area contributed by atoms with Crippen LogP contribution in [0.4, 0.5) is 0 Å². The standard InChI is InChI=1S/C11H12N2O3.C6H14O2.C4H10/c1-9-2-4-10(5-3-9)11(8-13(15)16)12-6-7-14;1-4-7-6(3)8-5-2;1-3-4-2/h2-5,7-8,12H,6H2,1H3;6H,4-5H2,1-3H3;3-4H2,1-2H3/b11-8+;;. The minimum absolute atomic E-state index is 0.0370. The van der Waals surface area contributed by atoms with Gasteiger partial charge in [0.15, 0.2) is 6.29 Å². The zero-order valence-corrected chi connectivity index (χ0v) is 18.1. The summed E-state index contributed by atoms with van der Waals surface area (Å²) >= 11 is 0. The third-order valence-corrected chi connectivity index (χ3v) is 3.28. The van der Waals surface area contributed by atoms with Crippen LogP contribution in [-0.4, -0.2) is 37.3 Å². The molecule has 1 aromatic carbocycles. The number of nitrogens with zero attached hydrogens (tertiary/aromatic N) is 1. The smallest absolute Gasteiger partial charge is 0.258 e. The molecule has 0 atom stereocenters. The average Bonchev–Trinajstić information content (AvgIpc) is 2.67. The molecule has 0 bridgehead atoms. The van der Waals surface area contributed by atoms with Crippen molar-refractivity contribution in [2.75, 3.05) is 19.8 Å². The monoisotopic (exact) mass is 396 g/mol. The van der Waals surface area contributed by atoms with Gasteiger partial charge in [-0.2, -0.15) is 0 Å². The molecular formula is C21H36N2O5. The second-order valence-corrected chi connectivity index (χ2v) is 5.72. The lowest BCUT2D eigenvalue weighted by atomic mass is 10.1. The van der Waals surface area contributed by atoms with Crippen molar-refractivity contribution in [1.29, 1.82) is 0 Å². The van der Waals surface area contributed by atoms with E-state index in [1.807, 2.05) is 39.8 Å². The Kier molecular flexibility index (Phi) is 19.5. The molecule has 160 valence electrons. The summed E-state index contributed by atoms with van der Waals surface area (Å²) in [6, 6.07) is 7.24. The Bertz CT molecular complexity index is 536. The Labute approximate surface area is 169 Å². The van der Waals surface area contributed by atoms with Crippen LogP contribution >= 0.6 is 0 Å². The van der Waals surface area contributed by atoms with Crippen LogP contribution in [0.15, 0.2) is 30.5 Å². The molecule has 1 aromatic rings. The van der Waals surface area contributed by atoms with Gasteiger partial charge in [0.1, 0.15) is 12.0 Å². The summed E-state index contributed by atoms with van der Waals surface area (Å²) in [5.41, 5.74) is 2.08. The van der Waals surface area contributed by atoms with E-state index in [4.69, 9.17) is 9.47 Å². The van der Waals surface area contributed by atoms with E-state index in [0.717, 1.165) is 25.0 Å². The molecule has 0 aliphatic heterocycles. The Balaban J connectivity index is 0. The molecule has 0 amide bonds. The second-order valence-electron chi connectivity index (χ2n) is 5.72. The molecule has 0 radical (unpaired) electrons. The van der Waals surface area contributed by atoms with Gasteiger partial charge in [-0.1, -0.05) is 56.5 Å². The van der Waals surface area contributed by atoms with Crippen LogP contribution in [0.3, 0.4) is 0 Å². The molecule has 7 heteroatoms. The van der Waals surface area contributed by atoms with E-state index >= 15 is 0 Å². The van der Waals surface area contributed by atoms with Crippen molar-refractivity contribution in [2.45, 2.75) is 60.7 Å². The van der Waals surface area contributed by atoms with E-state index in [0.29, 0.717) is 17.5 Å². The van der Waals surface area contributed by atoms with Gasteiger partial charge in [-0.05, 0) is 27.7 Å². The number of rotatable bonds is 10. The number of ether oxygens (including phenoxy) is 2. The second kappa shape index (κ2) is 19.5. The van der Waals surface area contributed by atoms with Gasteiger partial charge in [-0.15, -0.1) is 0 Å². The van der Waals surface area contributed by atoms with Crippen LogP contribution < -0.4 is 5.32 Å². The van der Waals surface area contributed by atoms with Gasteiger partial charge >= 0.3 is 0 Å². The summed E-state index contributed by atoms with van der Waals surface area (Å²) in [5, 5.41) is 13.1. The molecule has 0 heterocycles. The highest BCUT2D eigenvalue weighted by Crippen LogP contribution is 2.12. The third kappa shape index (κ3) is 17.2. The van der Waals surface area contributed by atoms with E-state index < -0.39 is 4.92 Å². The molecule has 0 saturated heterocycles. The lowest BCUT2D eigenvalue weighted by Crippen LogP contribution is -2.15. The van der Waals surface area contributed by atoms with Gasteiger partial charge in [0.25, 0.3) is 6.20 Å². The number of nitrogens with one attached hydrogen (secondary N) is 1. The van der Waals surface area contributed by atoms with Gasteiger partial charge < -0.3 is 19.6 Å². The van der Waals surface area contributed by atoms with Crippen LogP contribution in [0.1, 0.15) is 58.6 Å². The van der Waals surface area contributed by atoms with Crippen molar-refractivity contribution in [1.82, 2.24) is 5.32 Å². The fourth-order valence-corrected chi connectivity index (χ4v) is 1.73. The normalized spacial score (nSPS) is 10.3. The summed E-state index contributed by atoms with van der Waals surface area (Å²) < 4.78 is 10.1. The number of carbonyl (C=O) groups excluding carboxylic acids is 1. The zero-order valence-electron chi connectivity index (χ0n) is 18.1. The van der Waals surface area contributed by atoms with Gasteiger partial charge in [0, 0.05) is 18.8 Å². The SMILES string of the molecule is CCCC.CCOC(C)OCC.Cc1ccc(/C(=C\[N+](=O)[O-])NCC=O)cc1. The predicted molar refractivity (Wildman–Crippen MR) is 114 cm³/mol. The summed E-state index contributed by atoms with van der Waals surface area (Å²) in [6.45, 7) is 13.6. The van der Waals surface area contributed by atoms with Crippen LogP contribution in [0.5, 0.6) is 0 Å². The molecule has 0 saturated carbocycles. The molecule has 0 unspecified atom stereocenters. The molecule has 0 fully saturated rings. The van der Waals surface area contributed by atoms with E-state index in [9.17, 15) is 14.9 Å². The maximum Gasteiger partial charge on any atom is 0.258 e. The number of benzene rings is 1. The maximum absolute atomic E-state index is 10.4. The highest BCUT2D eigenvalue weighted by atomic mass is 16.7. The minimum Gasteiger partial charge on any atom is -0.373 e. The summed E-state index contributed by atoms with van der Waals surface area (Å²) in [6.07, 6.45) is 4.11. The first-order valence-electron chi connectivity index (χ1n) is 9.69. The Hall–Kier alpha value is -2.25. The largest absolute Gasteiger partial charge is 0.373 e. The predicted octanol–water partition coefficient (Wildman–Crippen LogP) is 4.57. The van der Waals surface area contributed by atoms with Crippen molar-refractivity contribution in [2.24, 2.45) is 0 Å². The van der Waals surface area contributed by atoms with Crippen LogP contribution in [0.25, 0.3) is 5.70 Å². The fraction of sp³-hybridized carbons (Fsp3) is 0.571.